The predicted octanol–water partition coefficient (Wildman–Crippen LogP) is 0.747. The molecular formula is C14H17ClN2O4. The van der Waals surface area contributed by atoms with Crippen LogP contribution in [-0.2, 0) is 6.42 Å². The van der Waals surface area contributed by atoms with E-state index < -0.39 is 6.23 Å². The third-order valence-electron chi connectivity index (χ3n) is 4.18. The van der Waals surface area contributed by atoms with Crippen LogP contribution in [0.3, 0.4) is 0 Å². The maximum absolute atomic E-state index is 12.7. The molecule has 0 fully saturated rings. The first-order chi connectivity index (χ1) is 10.1. The van der Waals surface area contributed by atoms with Gasteiger partial charge in [-0.25, -0.2) is 0 Å². The van der Waals surface area contributed by atoms with Crippen LogP contribution in [0.1, 0.15) is 35.1 Å². The Balaban J connectivity index is 2.16. The van der Waals surface area contributed by atoms with Crippen molar-refractivity contribution in [2.45, 2.75) is 31.5 Å². The molecule has 3 rings (SSSR count). The number of halogens is 1. The molecule has 114 valence electrons. The summed E-state index contributed by atoms with van der Waals surface area (Å²) in [5, 5.41) is 10.5. The van der Waals surface area contributed by atoms with Gasteiger partial charge in [0, 0.05) is 24.2 Å². The number of aromatic nitrogens is 1. The Morgan fingerprint density at radius 3 is 2.90 bits per heavy atom. The fourth-order valence-electron chi connectivity index (χ4n) is 3.26. The van der Waals surface area contributed by atoms with Gasteiger partial charge in [-0.15, -0.1) is 11.6 Å². The minimum Gasteiger partial charge on any atom is -0.491 e. The van der Waals surface area contributed by atoms with E-state index in [2.05, 4.69) is 0 Å². The van der Waals surface area contributed by atoms with Gasteiger partial charge < -0.3 is 19.3 Å². The Hall–Kier alpha value is -1.53. The molecular weight excluding hydrogens is 296 g/mol. The maximum Gasteiger partial charge on any atom is 0.276 e. The number of carbonyl (C=O) groups excluding carboxylic acids is 1. The molecule has 0 spiro atoms. The van der Waals surface area contributed by atoms with Crippen molar-refractivity contribution in [1.82, 2.24) is 9.47 Å². The van der Waals surface area contributed by atoms with Gasteiger partial charge >= 0.3 is 0 Å². The first-order valence-electron chi connectivity index (χ1n) is 6.97. The zero-order valence-electron chi connectivity index (χ0n) is 11.7. The summed E-state index contributed by atoms with van der Waals surface area (Å²) < 4.78 is 6.91. The van der Waals surface area contributed by atoms with Gasteiger partial charge in [-0.1, -0.05) is 0 Å². The molecule has 6 nitrogen and oxygen atoms in total. The number of aryl methyl sites for hydroxylation is 1. The Morgan fingerprint density at radius 1 is 1.48 bits per heavy atom. The number of aliphatic hydroxyl groups is 1. The standard InChI is InChI=1S/C14H17ClN2O4/c1-21-12-10(18)7-8-3-4-9-13(19)16(6-2-5-15)14(20)11(12)17(8)9/h7,9,13,19H,2-6H2,1H3. The van der Waals surface area contributed by atoms with E-state index in [0.29, 0.717) is 31.7 Å². The van der Waals surface area contributed by atoms with Gasteiger partial charge in [0.25, 0.3) is 5.91 Å². The Bertz CT molecular complexity index is 643. The summed E-state index contributed by atoms with van der Waals surface area (Å²) in [6, 6.07) is 1.27. The largest absolute Gasteiger partial charge is 0.491 e. The molecule has 21 heavy (non-hydrogen) atoms. The summed E-state index contributed by atoms with van der Waals surface area (Å²) in [5.74, 6) is 0.0884. The van der Waals surface area contributed by atoms with Crippen molar-refractivity contribution >= 4 is 17.5 Å². The van der Waals surface area contributed by atoms with Crippen LogP contribution in [0.5, 0.6) is 5.75 Å². The number of alkyl halides is 1. The lowest BCUT2D eigenvalue weighted by atomic mass is 10.1. The van der Waals surface area contributed by atoms with Crippen molar-refractivity contribution in [2.24, 2.45) is 0 Å². The highest BCUT2D eigenvalue weighted by Gasteiger charge is 2.43. The average Bonchev–Trinajstić information content (AvgIpc) is 2.88. The summed E-state index contributed by atoms with van der Waals surface area (Å²) in [7, 11) is 1.38. The van der Waals surface area contributed by atoms with E-state index in [0.717, 1.165) is 5.69 Å². The van der Waals surface area contributed by atoms with E-state index >= 15 is 0 Å². The first-order valence-corrected chi connectivity index (χ1v) is 7.51. The molecule has 2 aliphatic heterocycles. The molecule has 0 radical (unpaired) electrons. The molecule has 3 heterocycles. The Labute approximate surface area is 126 Å². The van der Waals surface area contributed by atoms with Crippen LogP contribution in [0, 0.1) is 0 Å². The molecule has 1 aromatic heterocycles. The van der Waals surface area contributed by atoms with Crippen molar-refractivity contribution in [1.29, 1.82) is 0 Å². The normalized spacial score (nSPS) is 23.4. The molecule has 0 saturated heterocycles. The van der Waals surface area contributed by atoms with Gasteiger partial charge in [0.2, 0.25) is 5.43 Å². The molecule has 2 unspecified atom stereocenters. The van der Waals surface area contributed by atoms with Crippen molar-refractivity contribution < 1.29 is 14.6 Å². The van der Waals surface area contributed by atoms with Crippen LogP contribution in [0.2, 0.25) is 0 Å². The molecule has 0 aromatic carbocycles. The summed E-state index contributed by atoms with van der Waals surface area (Å²) in [5.41, 5.74) is 0.744. The molecule has 1 N–H and O–H groups in total. The smallest absolute Gasteiger partial charge is 0.276 e. The minimum absolute atomic E-state index is 0.0541. The molecule has 0 saturated carbocycles. The number of methoxy groups -OCH3 is 1. The molecule has 7 heteroatoms. The van der Waals surface area contributed by atoms with Crippen molar-refractivity contribution in [3.8, 4) is 5.75 Å². The van der Waals surface area contributed by atoms with Crippen molar-refractivity contribution in [3.63, 3.8) is 0 Å². The quantitative estimate of drug-likeness (QED) is 0.833. The second kappa shape index (κ2) is 5.35. The molecule has 0 aliphatic carbocycles. The van der Waals surface area contributed by atoms with E-state index in [-0.39, 0.29) is 28.8 Å². The number of hydrogen-bond acceptors (Lipinski definition) is 4. The minimum atomic E-state index is -0.887. The summed E-state index contributed by atoms with van der Waals surface area (Å²) >= 11 is 5.68. The molecule has 1 aromatic rings. The SMILES string of the molecule is COc1c2n3c(cc1=O)CCC3C(O)N(CCCCl)C2=O. The number of nitrogens with zero attached hydrogens (tertiary/aromatic N) is 2. The number of amides is 1. The monoisotopic (exact) mass is 312 g/mol. The topological polar surface area (TPSA) is 71.8 Å². The van der Waals surface area contributed by atoms with E-state index in [9.17, 15) is 14.7 Å². The highest BCUT2D eigenvalue weighted by atomic mass is 35.5. The molecule has 2 atom stereocenters. The second-order valence-corrected chi connectivity index (χ2v) is 5.69. The number of rotatable bonds is 4. The lowest BCUT2D eigenvalue weighted by molar-refractivity contribution is -0.0323. The van der Waals surface area contributed by atoms with E-state index in [4.69, 9.17) is 16.3 Å². The van der Waals surface area contributed by atoms with Crippen LogP contribution in [-0.4, -0.2) is 46.2 Å². The number of hydrogen-bond donors (Lipinski definition) is 1. The zero-order valence-corrected chi connectivity index (χ0v) is 12.5. The van der Waals surface area contributed by atoms with Crippen molar-refractivity contribution in [2.75, 3.05) is 19.5 Å². The lowest BCUT2D eigenvalue weighted by Gasteiger charge is -2.39. The summed E-state index contributed by atoms with van der Waals surface area (Å²) in [6.07, 6.45) is 1.07. The van der Waals surface area contributed by atoms with Crippen LogP contribution >= 0.6 is 11.6 Å². The highest BCUT2D eigenvalue weighted by Crippen LogP contribution is 2.38. The van der Waals surface area contributed by atoms with Crippen LogP contribution in [0.25, 0.3) is 0 Å². The second-order valence-electron chi connectivity index (χ2n) is 5.31. The van der Waals surface area contributed by atoms with Crippen LogP contribution in [0.15, 0.2) is 10.9 Å². The van der Waals surface area contributed by atoms with Crippen LogP contribution < -0.4 is 10.2 Å². The number of aliphatic hydroxyl groups excluding tert-OH is 1. The van der Waals surface area contributed by atoms with Gasteiger partial charge in [-0.05, 0) is 19.3 Å². The van der Waals surface area contributed by atoms with Gasteiger partial charge in [0.1, 0.15) is 6.23 Å². The Kier molecular flexibility index (Phi) is 3.67. The number of carbonyl (C=O) groups is 1. The summed E-state index contributed by atoms with van der Waals surface area (Å²) in [4.78, 5) is 26.1. The predicted molar refractivity (Wildman–Crippen MR) is 77.0 cm³/mol. The van der Waals surface area contributed by atoms with E-state index in [1.807, 2.05) is 0 Å². The average molecular weight is 313 g/mol. The van der Waals surface area contributed by atoms with E-state index in [1.54, 1.807) is 4.57 Å². The van der Waals surface area contributed by atoms with E-state index in [1.165, 1.54) is 18.1 Å². The van der Waals surface area contributed by atoms with Gasteiger partial charge in [0.05, 0.1) is 13.2 Å². The number of pyridine rings is 1. The van der Waals surface area contributed by atoms with Gasteiger partial charge in [-0.2, -0.15) is 0 Å². The zero-order chi connectivity index (χ0) is 15.1. The molecule has 1 amide bonds. The Morgan fingerprint density at radius 2 is 2.24 bits per heavy atom. The van der Waals surface area contributed by atoms with Gasteiger partial charge in [-0.3, -0.25) is 9.59 Å². The first kappa shape index (κ1) is 14.4. The fourth-order valence-corrected chi connectivity index (χ4v) is 3.38. The van der Waals surface area contributed by atoms with Crippen LogP contribution in [0.4, 0.5) is 0 Å². The maximum atomic E-state index is 12.7. The third kappa shape index (κ3) is 2.05. The molecule has 0 bridgehead atoms. The number of ether oxygens (including phenoxy) is 1. The van der Waals surface area contributed by atoms with Gasteiger partial charge in [0.15, 0.2) is 11.4 Å². The molecule has 2 aliphatic rings. The highest BCUT2D eigenvalue weighted by molar-refractivity contribution is 6.17. The van der Waals surface area contributed by atoms with Crippen molar-refractivity contribution in [3.05, 3.63) is 27.7 Å². The lowest BCUT2D eigenvalue weighted by Crippen LogP contribution is -2.51. The third-order valence-corrected chi connectivity index (χ3v) is 4.45. The fraction of sp³-hybridized carbons (Fsp3) is 0.571. The summed E-state index contributed by atoms with van der Waals surface area (Å²) in [6.45, 7) is 0.363.